The van der Waals surface area contributed by atoms with Gasteiger partial charge in [-0.05, 0) is 31.6 Å². The van der Waals surface area contributed by atoms with Gasteiger partial charge >= 0.3 is 11.9 Å². The summed E-state index contributed by atoms with van der Waals surface area (Å²) >= 11 is 0. The third kappa shape index (κ3) is 1.34. The first-order valence-electron chi connectivity index (χ1n) is 5.30. The maximum Gasteiger partial charge on any atom is 0.312 e. The van der Waals surface area contributed by atoms with Gasteiger partial charge in [0.2, 0.25) is 0 Å². The average Bonchev–Trinajstić information content (AvgIpc) is 2.85. The molecule has 0 radical (unpaired) electrons. The molecule has 0 spiro atoms. The smallest absolute Gasteiger partial charge is 0.312 e. The molecular weight excluding hydrogens is 196 g/mol. The first-order valence-corrected chi connectivity index (χ1v) is 5.30. The molecule has 0 saturated heterocycles. The first-order chi connectivity index (χ1) is 7.14. The SMILES string of the molecule is COC(=O)C1C[C@@H]2CC[C@@]1(C(=O)OC)C2. The molecule has 0 aromatic carbocycles. The summed E-state index contributed by atoms with van der Waals surface area (Å²) in [6.07, 6.45) is 3.37. The van der Waals surface area contributed by atoms with Crippen LogP contribution in [0.2, 0.25) is 0 Å². The Hall–Kier alpha value is -1.06. The topological polar surface area (TPSA) is 52.6 Å². The van der Waals surface area contributed by atoms with E-state index in [1.807, 2.05) is 0 Å². The molecule has 2 saturated carbocycles. The number of fused-ring (bicyclic) bond motifs is 2. The number of methoxy groups -OCH3 is 2. The summed E-state index contributed by atoms with van der Waals surface area (Å²) < 4.78 is 9.59. The Morgan fingerprint density at radius 2 is 2.00 bits per heavy atom. The van der Waals surface area contributed by atoms with E-state index < -0.39 is 5.41 Å². The summed E-state index contributed by atoms with van der Waals surface area (Å²) in [6, 6.07) is 0. The fourth-order valence-corrected chi connectivity index (χ4v) is 3.25. The minimum Gasteiger partial charge on any atom is -0.469 e. The fourth-order valence-electron chi connectivity index (χ4n) is 3.25. The third-order valence-electron chi connectivity index (χ3n) is 3.97. The molecule has 0 amide bonds. The number of hydrogen-bond acceptors (Lipinski definition) is 4. The Morgan fingerprint density at radius 1 is 1.27 bits per heavy atom. The minimum atomic E-state index is -0.577. The van der Waals surface area contributed by atoms with Gasteiger partial charge in [0.25, 0.3) is 0 Å². The van der Waals surface area contributed by atoms with Crippen molar-refractivity contribution in [3.05, 3.63) is 0 Å². The van der Waals surface area contributed by atoms with Gasteiger partial charge in [-0.3, -0.25) is 9.59 Å². The molecule has 2 fully saturated rings. The van der Waals surface area contributed by atoms with E-state index in [-0.39, 0.29) is 17.9 Å². The van der Waals surface area contributed by atoms with E-state index in [1.165, 1.54) is 14.2 Å². The van der Waals surface area contributed by atoms with Crippen LogP contribution in [0.3, 0.4) is 0 Å². The van der Waals surface area contributed by atoms with Crippen LogP contribution >= 0.6 is 0 Å². The van der Waals surface area contributed by atoms with Crippen molar-refractivity contribution in [1.82, 2.24) is 0 Å². The Morgan fingerprint density at radius 3 is 2.53 bits per heavy atom. The van der Waals surface area contributed by atoms with Crippen molar-refractivity contribution in [1.29, 1.82) is 0 Å². The lowest BCUT2D eigenvalue weighted by atomic mass is 9.75. The van der Waals surface area contributed by atoms with E-state index in [2.05, 4.69) is 0 Å². The molecule has 2 bridgehead atoms. The number of rotatable bonds is 2. The lowest BCUT2D eigenvalue weighted by molar-refractivity contribution is -0.165. The number of esters is 2. The van der Waals surface area contributed by atoms with Crippen LogP contribution in [0.1, 0.15) is 25.7 Å². The zero-order chi connectivity index (χ0) is 11.1. The van der Waals surface area contributed by atoms with E-state index in [4.69, 9.17) is 9.47 Å². The van der Waals surface area contributed by atoms with Gasteiger partial charge in [0.1, 0.15) is 0 Å². The van der Waals surface area contributed by atoms with Crippen LogP contribution in [0.25, 0.3) is 0 Å². The quantitative estimate of drug-likeness (QED) is 0.644. The third-order valence-corrected chi connectivity index (χ3v) is 3.97. The van der Waals surface area contributed by atoms with Crippen LogP contribution in [0, 0.1) is 17.3 Å². The second-order valence-electron chi connectivity index (χ2n) is 4.57. The second-order valence-corrected chi connectivity index (χ2v) is 4.57. The van der Waals surface area contributed by atoms with Crippen LogP contribution in [0.5, 0.6) is 0 Å². The maximum atomic E-state index is 11.8. The molecule has 0 aromatic rings. The highest BCUT2D eigenvalue weighted by Crippen LogP contribution is 2.58. The van der Waals surface area contributed by atoms with Crippen molar-refractivity contribution in [2.24, 2.45) is 17.3 Å². The van der Waals surface area contributed by atoms with Crippen molar-refractivity contribution in [3.8, 4) is 0 Å². The average molecular weight is 212 g/mol. The number of carbonyl (C=O) groups excluding carboxylic acids is 2. The largest absolute Gasteiger partial charge is 0.469 e. The highest BCUT2D eigenvalue weighted by molar-refractivity contribution is 5.86. The van der Waals surface area contributed by atoms with E-state index in [0.717, 1.165) is 25.7 Å². The predicted octanol–water partition coefficient (Wildman–Crippen LogP) is 1.14. The van der Waals surface area contributed by atoms with Gasteiger partial charge in [-0.25, -0.2) is 0 Å². The Bertz CT molecular complexity index is 299. The maximum absolute atomic E-state index is 11.8. The highest BCUT2D eigenvalue weighted by atomic mass is 16.5. The van der Waals surface area contributed by atoms with Gasteiger partial charge in [0.05, 0.1) is 25.6 Å². The lowest BCUT2D eigenvalue weighted by Crippen LogP contribution is -2.39. The highest BCUT2D eigenvalue weighted by Gasteiger charge is 2.60. The summed E-state index contributed by atoms with van der Waals surface area (Å²) in [4.78, 5) is 23.4. The van der Waals surface area contributed by atoms with Crippen LogP contribution in [-0.4, -0.2) is 26.2 Å². The Labute approximate surface area is 88.9 Å². The summed E-state index contributed by atoms with van der Waals surface area (Å²) in [5.74, 6) is -0.289. The molecule has 1 unspecified atom stereocenters. The standard InChI is InChI=1S/C11H16O4/c1-14-9(12)8-5-7-3-4-11(8,6-7)10(13)15-2/h7-8H,3-6H2,1-2H3/t7-,8?,11+/m0/s1. The molecule has 15 heavy (non-hydrogen) atoms. The van der Waals surface area contributed by atoms with Gasteiger partial charge in [-0.1, -0.05) is 0 Å². The van der Waals surface area contributed by atoms with Crippen LogP contribution in [0.15, 0.2) is 0 Å². The van der Waals surface area contributed by atoms with Gasteiger partial charge in [-0.2, -0.15) is 0 Å². The van der Waals surface area contributed by atoms with Crippen LogP contribution in [0.4, 0.5) is 0 Å². The van der Waals surface area contributed by atoms with Gasteiger partial charge < -0.3 is 9.47 Å². The molecule has 0 aliphatic heterocycles. The zero-order valence-corrected chi connectivity index (χ0v) is 9.12. The second kappa shape index (κ2) is 3.51. The van der Waals surface area contributed by atoms with Crippen LogP contribution in [-0.2, 0) is 19.1 Å². The van der Waals surface area contributed by atoms with E-state index >= 15 is 0 Å². The molecule has 4 heteroatoms. The Balaban J connectivity index is 2.26. The van der Waals surface area contributed by atoms with E-state index in [1.54, 1.807) is 0 Å². The Kier molecular flexibility index (Phi) is 2.44. The predicted molar refractivity (Wildman–Crippen MR) is 51.9 cm³/mol. The van der Waals surface area contributed by atoms with Crippen molar-refractivity contribution in [2.45, 2.75) is 25.7 Å². The summed E-state index contributed by atoms with van der Waals surface area (Å²) in [6.45, 7) is 0. The monoisotopic (exact) mass is 212 g/mol. The number of carbonyl (C=O) groups is 2. The first kappa shape index (κ1) is 10.5. The summed E-state index contributed by atoms with van der Waals surface area (Å²) in [7, 11) is 2.76. The molecule has 4 nitrogen and oxygen atoms in total. The molecule has 2 aliphatic carbocycles. The number of ether oxygens (including phenoxy) is 2. The summed E-state index contributed by atoms with van der Waals surface area (Å²) in [5.41, 5.74) is -0.577. The van der Waals surface area contributed by atoms with E-state index in [0.29, 0.717) is 5.92 Å². The van der Waals surface area contributed by atoms with Crippen molar-refractivity contribution >= 4 is 11.9 Å². The van der Waals surface area contributed by atoms with Crippen molar-refractivity contribution in [3.63, 3.8) is 0 Å². The number of hydrogen-bond donors (Lipinski definition) is 0. The van der Waals surface area contributed by atoms with Gasteiger partial charge in [0.15, 0.2) is 0 Å². The minimum absolute atomic E-state index is 0.238. The zero-order valence-electron chi connectivity index (χ0n) is 9.12. The molecule has 84 valence electrons. The molecule has 0 heterocycles. The van der Waals surface area contributed by atoms with Gasteiger partial charge in [0, 0.05) is 0 Å². The van der Waals surface area contributed by atoms with Gasteiger partial charge in [-0.15, -0.1) is 0 Å². The van der Waals surface area contributed by atoms with Crippen molar-refractivity contribution < 1.29 is 19.1 Å². The molecule has 3 atom stereocenters. The molecule has 2 rings (SSSR count). The van der Waals surface area contributed by atoms with Crippen LogP contribution < -0.4 is 0 Å². The molecule has 0 aromatic heterocycles. The molecule has 0 N–H and O–H groups in total. The molecular formula is C11H16O4. The van der Waals surface area contributed by atoms with Crippen molar-refractivity contribution in [2.75, 3.05) is 14.2 Å². The summed E-state index contributed by atoms with van der Waals surface area (Å²) in [5, 5.41) is 0. The normalized spacial score (nSPS) is 37.7. The fraction of sp³-hybridized carbons (Fsp3) is 0.818. The molecule has 2 aliphatic rings. The lowest BCUT2D eigenvalue weighted by Gasteiger charge is -2.30. The van der Waals surface area contributed by atoms with E-state index in [9.17, 15) is 9.59 Å².